The maximum Gasteiger partial charge on any atom is 0.416 e. The normalized spacial score (nSPS) is 11.8. The molecule has 0 aliphatic carbocycles. The number of hydrogen-bond acceptors (Lipinski definition) is 2. The van der Waals surface area contributed by atoms with Crippen molar-refractivity contribution in [3.05, 3.63) is 27.7 Å². The molecule has 0 radical (unpaired) electrons. The quantitative estimate of drug-likeness (QED) is 0.900. The van der Waals surface area contributed by atoms with E-state index in [-0.39, 0.29) is 11.1 Å². The van der Waals surface area contributed by atoms with Gasteiger partial charge < -0.3 is 10.2 Å². The van der Waals surface area contributed by atoms with Crippen molar-refractivity contribution < 1.29 is 23.4 Å². The molecule has 0 saturated heterocycles. The number of halogens is 4. The van der Waals surface area contributed by atoms with Gasteiger partial charge in [-0.15, -0.1) is 0 Å². The third-order valence-electron chi connectivity index (χ3n) is 2.08. The summed E-state index contributed by atoms with van der Waals surface area (Å²) in [5, 5.41) is 18.1. The van der Waals surface area contributed by atoms with Gasteiger partial charge in [0.2, 0.25) is 0 Å². The smallest absolute Gasteiger partial charge is 0.416 e. The van der Waals surface area contributed by atoms with E-state index in [1.807, 2.05) is 0 Å². The zero-order chi connectivity index (χ0) is 12.3. The highest BCUT2D eigenvalue weighted by Gasteiger charge is 2.31. The van der Waals surface area contributed by atoms with Crippen LogP contribution in [0.1, 0.15) is 17.5 Å². The third-order valence-corrected chi connectivity index (χ3v) is 2.79. The van der Waals surface area contributed by atoms with Gasteiger partial charge in [0, 0.05) is 16.6 Å². The minimum atomic E-state index is -4.48. The van der Waals surface area contributed by atoms with Crippen LogP contribution >= 0.6 is 15.9 Å². The van der Waals surface area contributed by atoms with Gasteiger partial charge in [0.1, 0.15) is 5.75 Å². The highest BCUT2D eigenvalue weighted by atomic mass is 79.9. The maximum atomic E-state index is 12.4. The van der Waals surface area contributed by atoms with Crippen molar-refractivity contribution in [2.75, 3.05) is 6.61 Å². The van der Waals surface area contributed by atoms with Gasteiger partial charge in [-0.2, -0.15) is 13.2 Å². The van der Waals surface area contributed by atoms with E-state index in [1.54, 1.807) is 0 Å². The topological polar surface area (TPSA) is 40.5 Å². The molecule has 0 heterocycles. The molecule has 0 bridgehead atoms. The number of alkyl halides is 3. The molecule has 6 heteroatoms. The highest BCUT2D eigenvalue weighted by molar-refractivity contribution is 9.10. The molecular formula is C10H10BrF3O2. The van der Waals surface area contributed by atoms with E-state index in [0.717, 1.165) is 6.07 Å². The molecule has 2 nitrogen and oxygen atoms in total. The molecule has 1 rings (SSSR count). The number of aromatic hydroxyl groups is 1. The van der Waals surface area contributed by atoms with E-state index in [2.05, 4.69) is 15.9 Å². The Morgan fingerprint density at radius 1 is 1.25 bits per heavy atom. The van der Waals surface area contributed by atoms with Crippen molar-refractivity contribution in [2.45, 2.75) is 19.0 Å². The van der Waals surface area contributed by atoms with Crippen molar-refractivity contribution in [1.82, 2.24) is 0 Å². The first-order valence-electron chi connectivity index (χ1n) is 4.55. The third kappa shape index (κ3) is 3.12. The Balaban J connectivity index is 3.08. The summed E-state index contributed by atoms with van der Waals surface area (Å²) in [6.07, 6.45) is -3.77. The van der Waals surface area contributed by atoms with Crippen LogP contribution in [-0.4, -0.2) is 16.8 Å². The number of aliphatic hydroxyl groups is 1. The molecule has 0 saturated carbocycles. The minimum Gasteiger partial charge on any atom is -0.508 e. The second-order valence-corrected chi connectivity index (χ2v) is 4.14. The van der Waals surface area contributed by atoms with E-state index < -0.39 is 17.5 Å². The molecule has 0 unspecified atom stereocenters. The van der Waals surface area contributed by atoms with Crippen molar-refractivity contribution in [1.29, 1.82) is 0 Å². The lowest BCUT2D eigenvalue weighted by atomic mass is 10.1. The van der Waals surface area contributed by atoms with Crippen LogP contribution < -0.4 is 0 Å². The molecule has 1 aromatic rings. The van der Waals surface area contributed by atoms with Crippen LogP contribution in [0.4, 0.5) is 13.2 Å². The Hall–Kier alpha value is -0.750. The summed E-state index contributed by atoms with van der Waals surface area (Å²) in [5.41, 5.74) is -0.522. The summed E-state index contributed by atoms with van der Waals surface area (Å²) in [7, 11) is 0. The zero-order valence-corrected chi connectivity index (χ0v) is 9.77. The van der Waals surface area contributed by atoms with Gasteiger partial charge in [-0.3, -0.25) is 0 Å². The SMILES string of the molecule is OCCCc1c(O)cc(C(F)(F)F)cc1Br. The summed E-state index contributed by atoms with van der Waals surface area (Å²) in [6, 6.07) is 1.61. The summed E-state index contributed by atoms with van der Waals surface area (Å²) in [6.45, 7) is -0.0765. The van der Waals surface area contributed by atoms with E-state index >= 15 is 0 Å². The Kier molecular flexibility index (Phi) is 4.21. The number of rotatable bonds is 3. The minimum absolute atomic E-state index is 0.0765. The largest absolute Gasteiger partial charge is 0.508 e. The predicted octanol–water partition coefficient (Wildman–Crippen LogP) is 3.10. The number of phenols is 1. The van der Waals surface area contributed by atoms with Crippen molar-refractivity contribution in [3.8, 4) is 5.75 Å². The fourth-order valence-electron chi connectivity index (χ4n) is 1.29. The first kappa shape index (κ1) is 13.3. The first-order valence-corrected chi connectivity index (χ1v) is 5.35. The standard InChI is InChI=1S/C10H10BrF3O2/c11-8-4-6(10(12,13)14)5-9(16)7(8)2-1-3-15/h4-5,15-16H,1-3H2. The van der Waals surface area contributed by atoms with E-state index in [4.69, 9.17) is 5.11 Å². The molecule has 0 spiro atoms. The Labute approximate surface area is 98.8 Å². The van der Waals surface area contributed by atoms with Crippen LogP contribution in [0.2, 0.25) is 0 Å². The molecule has 0 aromatic heterocycles. The molecule has 90 valence electrons. The van der Waals surface area contributed by atoms with Crippen molar-refractivity contribution >= 4 is 15.9 Å². The lowest BCUT2D eigenvalue weighted by Crippen LogP contribution is -2.05. The molecule has 0 amide bonds. The molecule has 0 aliphatic rings. The van der Waals surface area contributed by atoms with Crippen LogP contribution in [0.3, 0.4) is 0 Å². The van der Waals surface area contributed by atoms with Crippen LogP contribution in [0.15, 0.2) is 16.6 Å². The fraction of sp³-hybridized carbons (Fsp3) is 0.400. The lowest BCUT2D eigenvalue weighted by molar-refractivity contribution is -0.137. The average molecular weight is 299 g/mol. The highest BCUT2D eigenvalue weighted by Crippen LogP contribution is 2.37. The van der Waals surface area contributed by atoms with Gasteiger partial charge in [-0.25, -0.2) is 0 Å². The molecule has 0 aliphatic heterocycles. The molecular weight excluding hydrogens is 289 g/mol. The summed E-state index contributed by atoms with van der Waals surface area (Å²) >= 11 is 2.98. The number of phenolic OH excluding ortho intramolecular Hbond substituents is 1. The molecule has 0 atom stereocenters. The summed E-state index contributed by atoms with van der Waals surface area (Å²) < 4.78 is 37.3. The second kappa shape index (κ2) is 5.05. The second-order valence-electron chi connectivity index (χ2n) is 3.28. The number of benzene rings is 1. The predicted molar refractivity (Wildman–Crippen MR) is 56.2 cm³/mol. The average Bonchev–Trinajstić information content (AvgIpc) is 2.15. The fourth-order valence-corrected chi connectivity index (χ4v) is 1.94. The molecule has 1 aromatic carbocycles. The Bertz CT molecular complexity index is 354. The van der Waals surface area contributed by atoms with Gasteiger partial charge in [-0.1, -0.05) is 15.9 Å². The number of hydrogen-bond donors (Lipinski definition) is 2. The van der Waals surface area contributed by atoms with Crippen molar-refractivity contribution in [2.24, 2.45) is 0 Å². The molecule has 16 heavy (non-hydrogen) atoms. The van der Waals surface area contributed by atoms with Crippen molar-refractivity contribution in [3.63, 3.8) is 0 Å². The van der Waals surface area contributed by atoms with Gasteiger partial charge >= 0.3 is 6.18 Å². The Morgan fingerprint density at radius 2 is 1.88 bits per heavy atom. The Morgan fingerprint density at radius 3 is 2.31 bits per heavy atom. The van der Waals surface area contributed by atoms with Gasteiger partial charge in [0.15, 0.2) is 0 Å². The molecule has 2 N–H and O–H groups in total. The first-order chi connectivity index (χ1) is 7.36. The summed E-state index contributed by atoms with van der Waals surface area (Å²) in [4.78, 5) is 0. The van der Waals surface area contributed by atoms with Gasteiger partial charge in [0.25, 0.3) is 0 Å². The summed E-state index contributed by atoms with van der Waals surface area (Å²) in [5.74, 6) is -0.407. The van der Waals surface area contributed by atoms with Crippen LogP contribution in [-0.2, 0) is 12.6 Å². The monoisotopic (exact) mass is 298 g/mol. The van der Waals surface area contributed by atoms with E-state index in [0.29, 0.717) is 24.5 Å². The lowest BCUT2D eigenvalue weighted by Gasteiger charge is -2.12. The van der Waals surface area contributed by atoms with Gasteiger partial charge in [0.05, 0.1) is 5.56 Å². The van der Waals surface area contributed by atoms with Crippen LogP contribution in [0, 0.1) is 0 Å². The van der Waals surface area contributed by atoms with Crippen LogP contribution in [0.25, 0.3) is 0 Å². The van der Waals surface area contributed by atoms with E-state index in [1.165, 1.54) is 0 Å². The van der Waals surface area contributed by atoms with Gasteiger partial charge in [-0.05, 0) is 25.0 Å². The van der Waals surface area contributed by atoms with E-state index in [9.17, 15) is 18.3 Å². The zero-order valence-electron chi connectivity index (χ0n) is 8.18. The van der Waals surface area contributed by atoms with Crippen LogP contribution in [0.5, 0.6) is 5.75 Å². The maximum absolute atomic E-state index is 12.4. The number of aliphatic hydroxyl groups excluding tert-OH is 1. The molecule has 0 fully saturated rings.